The third-order valence-corrected chi connectivity index (χ3v) is 3.59. The monoisotopic (exact) mass is 275 g/mol. The van der Waals surface area contributed by atoms with E-state index in [1.54, 1.807) is 23.3 Å². The van der Waals surface area contributed by atoms with Gasteiger partial charge in [-0.25, -0.2) is 9.07 Å². The van der Waals surface area contributed by atoms with Gasteiger partial charge in [-0.15, -0.1) is 0 Å². The average molecular weight is 275 g/mol. The van der Waals surface area contributed by atoms with Crippen molar-refractivity contribution >= 4 is 5.69 Å². The molecule has 0 saturated carbocycles. The highest BCUT2D eigenvalue weighted by atomic mass is 19.1. The molecule has 3 rings (SSSR count). The molecule has 2 aromatic rings. The van der Waals surface area contributed by atoms with Crippen LogP contribution in [-0.4, -0.2) is 52.0 Å². The van der Waals surface area contributed by atoms with E-state index < -0.39 is 6.17 Å². The molecule has 2 aromatic heterocycles. The number of aromatic nitrogens is 3. The molecule has 0 aromatic carbocycles. The predicted octanol–water partition coefficient (Wildman–Crippen LogP) is 1.72. The summed E-state index contributed by atoms with van der Waals surface area (Å²) in [7, 11) is 1.95. The first-order valence-electron chi connectivity index (χ1n) is 6.76. The molecule has 0 aliphatic carbocycles. The number of alkyl halides is 1. The van der Waals surface area contributed by atoms with Gasteiger partial charge >= 0.3 is 0 Å². The van der Waals surface area contributed by atoms with Crippen molar-refractivity contribution in [1.82, 2.24) is 19.7 Å². The summed E-state index contributed by atoms with van der Waals surface area (Å²) in [5.41, 5.74) is 1.69. The van der Waals surface area contributed by atoms with Crippen LogP contribution in [0.5, 0.6) is 0 Å². The number of hydrogen-bond acceptors (Lipinski definition) is 4. The molecular weight excluding hydrogens is 257 g/mol. The molecule has 1 aliphatic heterocycles. The largest absolute Gasteiger partial charge is 0.378 e. The molecule has 20 heavy (non-hydrogen) atoms. The maximum Gasteiger partial charge on any atom is 0.133 e. The lowest BCUT2D eigenvalue weighted by Crippen LogP contribution is -2.46. The van der Waals surface area contributed by atoms with Crippen LogP contribution in [0.4, 0.5) is 10.1 Å². The second-order valence-electron chi connectivity index (χ2n) is 5.20. The number of pyridine rings is 1. The molecule has 6 heteroatoms. The molecule has 1 unspecified atom stereocenters. The van der Waals surface area contributed by atoms with Crippen molar-refractivity contribution in [2.75, 3.05) is 25.5 Å². The van der Waals surface area contributed by atoms with E-state index in [1.165, 1.54) is 0 Å². The Morgan fingerprint density at radius 3 is 3.05 bits per heavy atom. The molecule has 0 radical (unpaired) electrons. The molecule has 1 fully saturated rings. The minimum absolute atomic E-state index is 0.152. The van der Waals surface area contributed by atoms with Crippen LogP contribution in [0.25, 0.3) is 5.69 Å². The summed E-state index contributed by atoms with van der Waals surface area (Å²) in [5.74, 6) is 0. The number of anilines is 1. The standard InChI is InChI=1S/C14H18FN5/c1-19-6-3-14(13(15)10-19)18-11-7-12(9-16-8-11)20-5-2-4-17-20/h2,4-5,7-9,13-14,18H,3,6,10H2,1H3/t13-,14?/m1/s1. The number of nitrogens with one attached hydrogen (secondary N) is 1. The highest BCUT2D eigenvalue weighted by molar-refractivity contribution is 5.48. The quantitative estimate of drug-likeness (QED) is 0.926. The number of piperidine rings is 1. The maximum absolute atomic E-state index is 14.0. The fraction of sp³-hybridized carbons (Fsp3) is 0.429. The van der Waals surface area contributed by atoms with Crippen LogP contribution in [0.15, 0.2) is 36.9 Å². The SMILES string of the molecule is CN1CCC(Nc2cncc(-n3cccn3)c2)[C@H](F)C1. The molecule has 1 N–H and O–H groups in total. The number of hydrogen-bond donors (Lipinski definition) is 1. The van der Waals surface area contributed by atoms with Gasteiger partial charge in [0.2, 0.25) is 0 Å². The highest BCUT2D eigenvalue weighted by Crippen LogP contribution is 2.19. The van der Waals surface area contributed by atoms with Crippen molar-refractivity contribution in [1.29, 1.82) is 0 Å². The van der Waals surface area contributed by atoms with Crippen molar-refractivity contribution in [2.45, 2.75) is 18.6 Å². The lowest BCUT2D eigenvalue weighted by Gasteiger charge is -2.33. The topological polar surface area (TPSA) is 46.0 Å². The maximum atomic E-state index is 14.0. The Balaban J connectivity index is 1.73. The smallest absolute Gasteiger partial charge is 0.133 e. The number of likely N-dealkylation sites (tertiary alicyclic amines) is 1. The van der Waals surface area contributed by atoms with Gasteiger partial charge < -0.3 is 10.2 Å². The molecule has 106 valence electrons. The molecule has 5 nitrogen and oxygen atoms in total. The average Bonchev–Trinajstić information content (AvgIpc) is 2.96. The van der Waals surface area contributed by atoms with Crippen LogP contribution in [0.1, 0.15) is 6.42 Å². The van der Waals surface area contributed by atoms with E-state index >= 15 is 0 Å². The third-order valence-electron chi connectivity index (χ3n) is 3.59. The first kappa shape index (κ1) is 13.1. The lowest BCUT2D eigenvalue weighted by molar-refractivity contribution is 0.149. The van der Waals surface area contributed by atoms with Gasteiger partial charge in [-0.3, -0.25) is 4.98 Å². The molecule has 1 saturated heterocycles. The summed E-state index contributed by atoms with van der Waals surface area (Å²) >= 11 is 0. The molecular formula is C14H18FN5. The summed E-state index contributed by atoms with van der Waals surface area (Å²) in [6.07, 6.45) is 6.96. The van der Waals surface area contributed by atoms with E-state index in [4.69, 9.17) is 0 Å². The van der Waals surface area contributed by atoms with Gasteiger partial charge in [-0.05, 0) is 25.6 Å². The number of halogens is 1. The molecule has 0 amide bonds. The van der Waals surface area contributed by atoms with Crippen LogP contribution in [0.2, 0.25) is 0 Å². The van der Waals surface area contributed by atoms with Gasteiger partial charge in [0.15, 0.2) is 0 Å². The van der Waals surface area contributed by atoms with E-state index in [0.29, 0.717) is 6.54 Å². The van der Waals surface area contributed by atoms with E-state index in [2.05, 4.69) is 15.4 Å². The Morgan fingerprint density at radius 1 is 1.40 bits per heavy atom. The Hall–Kier alpha value is -1.95. The zero-order valence-corrected chi connectivity index (χ0v) is 11.4. The minimum atomic E-state index is -0.859. The summed E-state index contributed by atoms with van der Waals surface area (Å²) < 4.78 is 15.8. The molecule has 0 spiro atoms. The van der Waals surface area contributed by atoms with Crippen LogP contribution in [0.3, 0.4) is 0 Å². The normalized spacial score (nSPS) is 23.7. The molecule has 1 aliphatic rings. The predicted molar refractivity (Wildman–Crippen MR) is 75.8 cm³/mol. The van der Waals surface area contributed by atoms with Gasteiger partial charge in [-0.2, -0.15) is 5.10 Å². The summed E-state index contributed by atoms with van der Waals surface area (Å²) in [6.45, 7) is 1.38. The van der Waals surface area contributed by atoms with Crippen LogP contribution >= 0.6 is 0 Å². The van der Waals surface area contributed by atoms with E-state index in [0.717, 1.165) is 24.3 Å². The fourth-order valence-corrected chi connectivity index (χ4v) is 2.49. The van der Waals surface area contributed by atoms with Crippen molar-refractivity contribution < 1.29 is 4.39 Å². The Morgan fingerprint density at radius 2 is 2.30 bits per heavy atom. The number of nitrogens with zero attached hydrogens (tertiary/aromatic N) is 4. The van der Waals surface area contributed by atoms with Crippen molar-refractivity contribution in [3.05, 3.63) is 36.9 Å². The van der Waals surface area contributed by atoms with Crippen LogP contribution in [-0.2, 0) is 0 Å². The fourth-order valence-electron chi connectivity index (χ4n) is 2.49. The van der Waals surface area contributed by atoms with Gasteiger partial charge in [0, 0.05) is 25.5 Å². The lowest BCUT2D eigenvalue weighted by atomic mass is 10.0. The van der Waals surface area contributed by atoms with Gasteiger partial charge in [0.1, 0.15) is 6.17 Å². The first-order valence-corrected chi connectivity index (χ1v) is 6.76. The summed E-state index contributed by atoms with van der Waals surface area (Å²) in [5, 5.41) is 7.42. The van der Waals surface area contributed by atoms with E-state index in [9.17, 15) is 4.39 Å². The third kappa shape index (κ3) is 2.80. The minimum Gasteiger partial charge on any atom is -0.378 e. The number of rotatable bonds is 3. The molecule has 3 heterocycles. The zero-order valence-electron chi connectivity index (χ0n) is 11.4. The Kier molecular flexibility index (Phi) is 3.64. The van der Waals surface area contributed by atoms with Gasteiger partial charge in [-0.1, -0.05) is 0 Å². The van der Waals surface area contributed by atoms with Crippen molar-refractivity contribution in [3.63, 3.8) is 0 Å². The summed E-state index contributed by atoms with van der Waals surface area (Å²) in [4.78, 5) is 6.21. The van der Waals surface area contributed by atoms with Gasteiger partial charge in [0.25, 0.3) is 0 Å². The van der Waals surface area contributed by atoms with Crippen molar-refractivity contribution in [2.24, 2.45) is 0 Å². The molecule has 2 atom stereocenters. The van der Waals surface area contributed by atoms with Crippen molar-refractivity contribution in [3.8, 4) is 5.69 Å². The second kappa shape index (κ2) is 5.58. The summed E-state index contributed by atoms with van der Waals surface area (Å²) in [6, 6.07) is 3.64. The first-order chi connectivity index (χ1) is 9.72. The van der Waals surface area contributed by atoms with Gasteiger partial charge in [0.05, 0.1) is 29.8 Å². The molecule has 0 bridgehead atoms. The highest BCUT2D eigenvalue weighted by Gasteiger charge is 2.27. The van der Waals surface area contributed by atoms with Crippen LogP contribution < -0.4 is 5.32 Å². The second-order valence-corrected chi connectivity index (χ2v) is 5.20. The Labute approximate surface area is 117 Å². The zero-order chi connectivity index (χ0) is 13.9. The van der Waals surface area contributed by atoms with E-state index in [-0.39, 0.29) is 6.04 Å². The van der Waals surface area contributed by atoms with E-state index in [1.807, 2.05) is 30.3 Å². The van der Waals surface area contributed by atoms with Crippen LogP contribution in [0, 0.1) is 0 Å². The Bertz CT molecular complexity index is 556.